The number of nitrogens with two attached hydrogens (primary N) is 1. The van der Waals surface area contributed by atoms with Gasteiger partial charge in [0.05, 0.1) is 4.70 Å². The van der Waals surface area contributed by atoms with Crippen LogP contribution in [0.25, 0.3) is 10.1 Å². The van der Waals surface area contributed by atoms with Gasteiger partial charge in [-0.15, -0.1) is 0 Å². The molecule has 0 aliphatic carbocycles. The number of carboxylic acid groups (broad SMARTS) is 1. The lowest BCUT2D eigenvalue weighted by Crippen LogP contribution is -1.96. The molecule has 20 heavy (non-hydrogen) atoms. The molecule has 3 rings (SSSR count). The summed E-state index contributed by atoms with van der Waals surface area (Å²) in [5.74, 6) is -0.0842. The van der Waals surface area contributed by atoms with Crippen molar-refractivity contribution in [3.8, 4) is 11.6 Å². The summed E-state index contributed by atoms with van der Waals surface area (Å²) >= 11 is 1.10. The number of carbonyl (C=O) groups is 1. The van der Waals surface area contributed by atoms with Crippen molar-refractivity contribution < 1.29 is 14.6 Å². The molecule has 0 saturated carbocycles. The molecule has 0 aliphatic heterocycles. The number of hydrogen-bond acceptors (Lipinski definition) is 7. The summed E-state index contributed by atoms with van der Waals surface area (Å²) in [6.45, 7) is 0. The van der Waals surface area contributed by atoms with Gasteiger partial charge in [-0.2, -0.15) is 9.36 Å². The zero-order chi connectivity index (χ0) is 14.1. The molecule has 0 radical (unpaired) electrons. The van der Waals surface area contributed by atoms with Gasteiger partial charge in [-0.1, -0.05) is 0 Å². The third-order valence-corrected chi connectivity index (χ3v) is 3.33. The second-order valence-corrected chi connectivity index (χ2v) is 4.65. The van der Waals surface area contributed by atoms with Crippen molar-refractivity contribution in [3.05, 3.63) is 36.2 Å². The Morgan fingerprint density at radius 2 is 2.20 bits per heavy atom. The van der Waals surface area contributed by atoms with E-state index in [1.165, 1.54) is 6.20 Å². The monoisotopic (exact) mass is 288 g/mol. The van der Waals surface area contributed by atoms with E-state index in [2.05, 4.69) is 14.3 Å². The van der Waals surface area contributed by atoms with E-state index in [0.29, 0.717) is 17.0 Å². The van der Waals surface area contributed by atoms with Crippen LogP contribution in [0.1, 0.15) is 10.5 Å². The zero-order valence-corrected chi connectivity index (χ0v) is 10.8. The van der Waals surface area contributed by atoms with E-state index < -0.39 is 5.97 Å². The number of anilines is 1. The van der Waals surface area contributed by atoms with Crippen molar-refractivity contribution in [3.63, 3.8) is 0 Å². The van der Waals surface area contributed by atoms with E-state index in [0.717, 1.165) is 16.2 Å². The predicted molar refractivity (Wildman–Crippen MR) is 73.1 cm³/mol. The Kier molecular flexibility index (Phi) is 2.92. The number of aromatic nitrogens is 3. The minimum absolute atomic E-state index is 0.0443. The lowest BCUT2D eigenvalue weighted by molar-refractivity contribution is 0.0694. The van der Waals surface area contributed by atoms with Crippen LogP contribution in [-0.2, 0) is 0 Å². The van der Waals surface area contributed by atoms with E-state index in [1.807, 2.05) is 0 Å². The van der Waals surface area contributed by atoms with Gasteiger partial charge < -0.3 is 15.6 Å². The van der Waals surface area contributed by atoms with E-state index in [9.17, 15) is 4.79 Å². The Bertz CT molecular complexity index is 802. The molecule has 8 heteroatoms. The quantitative estimate of drug-likeness (QED) is 0.759. The number of ether oxygens (including phenoxy) is 1. The summed E-state index contributed by atoms with van der Waals surface area (Å²) in [5, 5.41) is 9.57. The summed E-state index contributed by atoms with van der Waals surface area (Å²) in [6, 6.07) is 6.59. The van der Waals surface area contributed by atoms with Gasteiger partial charge in [-0.05, 0) is 23.7 Å². The fraction of sp³-hybridized carbons (Fsp3) is 0. The molecular formula is C12H8N4O3S. The van der Waals surface area contributed by atoms with Gasteiger partial charge in [0.1, 0.15) is 5.75 Å². The summed E-state index contributed by atoms with van der Waals surface area (Å²) < 4.78 is 10.2. The van der Waals surface area contributed by atoms with Gasteiger partial charge in [-0.25, -0.2) is 9.78 Å². The first-order valence-electron chi connectivity index (χ1n) is 5.52. The van der Waals surface area contributed by atoms with E-state index in [1.54, 1.807) is 24.3 Å². The van der Waals surface area contributed by atoms with E-state index in [-0.39, 0.29) is 11.6 Å². The smallest absolute Gasteiger partial charge is 0.356 e. The van der Waals surface area contributed by atoms with Gasteiger partial charge in [0.2, 0.25) is 11.8 Å². The normalized spacial score (nSPS) is 10.6. The van der Waals surface area contributed by atoms with Gasteiger partial charge >= 0.3 is 5.97 Å². The SMILES string of the molecule is Nc1nccc(Oc2ccc3c(C(=O)O)nsc3c2)n1. The molecular weight excluding hydrogens is 280 g/mol. The van der Waals surface area contributed by atoms with Gasteiger partial charge in [-0.3, -0.25) is 0 Å². The number of rotatable bonds is 3. The van der Waals surface area contributed by atoms with Crippen LogP contribution in [0.5, 0.6) is 11.6 Å². The topological polar surface area (TPSA) is 111 Å². The van der Waals surface area contributed by atoms with Crippen molar-refractivity contribution in [2.75, 3.05) is 5.73 Å². The van der Waals surface area contributed by atoms with Crippen molar-refractivity contribution in [1.29, 1.82) is 0 Å². The van der Waals surface area contributed by atoms with Crippen LogP contribution < -0.4 is 10.5 Å². The molecule has 2 aromatic heterocycles. The Hall–Kier alpha value is -2.74. The van der Waals surface area contributed by atoms with Crippen LogP contribution in [0.2, 0.25) is 0 Å². The molecule has 3 aromatic rings. The first-order valence-corrected chi connectivity index (χ1v) is 6.30. The van der Waals surface area contributed by atoms with Crippen molar-refractivity contribution >= 4 is 33.5 Å². The number of benzene rings is 1. The molecule has 0 unspecified atom stereocenters. The molecule has 0 bridgehead atoms. The Labute approximate surface area is 116 Å². The zero-order valence-electron chi connectivity index (χ0n) is 9.98. The Morgan fingerprint density at radius 1 is 1.35 bits per heavy atom. The highest BCUT2D eigenvalue weighted by Gasteiger charge is 2.13. The first kappa shape index (κ1) is 12.3. The third kappa shape index (κ3) is 2.24. The molecule has 0 saturated heterocycles. The van der Waals surface area contributed by atoms with Crippen LogP contribution in [0, 0.1) is 0 Å². The maximum atomic E-state index is 11.0. The molecule has 0 amide bonds. The molecule has 0 spiro atoms. The highest BCUT2D eigenvalue weighted by molar-refractivity contribution is 7.13. The maximum absolute atomic E-state index is 11.0. The second-order valence-electron chi connectivity index (χ2n) is 3.85. The molecule has 100 valence electrons. The Balaban J connectivity index is 1.95. The molecule has 1 aromatic carbocycles. The highest BCUT2D eigenvalue weighted by atomic mass is 32.1. The fourth-order valence-corrected chi connectivity index (χ4v) is 2.47. The molecule has 0 aliphatic rings. The minimum Gasteiger partial charge on any atom is -0.476 e. The summed E-state index contributed by atoms with van der Waals surface area (Å²) in [4.78, 5) is 18.7. The Morgan fingerprint density at radius 3 is 2.95 bits per heavy atom. The number of nitrogens with zero attached hydrogens (tertiary/aromatic N) is 3. The minimum atomic E-state index is -1.05. The average Bonchev–Trinajstić information content (AvgIpc) is 2.82. The van der Waals surface area contributed by atoms with Crippen LogP contribution in [0.4, 0.5) is 5.95 Å². The number of carboxylic acids is 1. The number of hydrogen-bond donors (Lipinski definition) is 2. The lowest BCUT2D eigenvalue weighted by atomic mass is 10.2. The molecule has 2 heterocycles. The third-order valence-electron chi connectivity index (χ3n) is 2.52. The lowest BCUT2D eigenvalue weighted by Gasteiger charge is -2.04. The fourth-order valence-electron chi connectivity index (χ4n) is 1.67. The molecule has 7 nitrogen and oxygen atoms in total. The maximum Gasteiger partial charge on any atom is 0.356 e. The number of aromatic carboxylic acids is 1. The van der Waals surface area contributed by atoms with Gasteiger partial charge in [0, 0.05) is 23.7 Å². The predicted octanol–water partition coefficient (Wildman–Crippen LogP) is 2.16. The van der Waals surface area contributed by atoms with Crippen molar-refractivity contribution in [2.24, 2.45) is 0 Å². The van der Waals surface area contributed by atoms with Gasteiger partial charge in [0.15, 0.2) is 5.69 Å². The molecule has 0 atom stereocenters. The molecule has 3 N–H and O–H groups in total. The molecule has 0 fully saturated rings. The van der Waals surface area contributed by atoms with Crippen molar-refractivity contribution in [1.82, 2.24) is 14.3 Å². The van der Waals surface area contributed by atoms with Crippen LogP contribution in [-0.4, -0.2) is 25.4 Å². The first-order chi connectivity index (χ1) is 9.63. The average molecular weight is 288 g/mol. The van der Waals surface area contributed by atoms with Crippen LogP contribution in [0.15, 0.2) is 30.5 Å². The van der Waals surface area contributed by atoms with Gasteiger partial charge in [0.25, 0.3) is 0 Å². The number of fused-ring (bicyclic) bond motifs is 1. The van der Waals surface area contributed by atoms with E-state index in [4.69, 9.17) is 15.6 Å². The number of nitrogen functional groups attached to an aromatic ring is 1. The summed E-state index contributed by atoms with van der Waals surface area (Å²) in [5.41, 5.74) is 5.51. The second kappa shape index (κ2) is 4.74. The largest absolute Gasteiger partial charge is 0.476 e. The standard InChI is InChI=1S/C12H8N4O3S/c13-12-14-4-3-9(15-12)19-6-1-2-7-8(5-6)20-16-10(7)11(17)18/h1-5H,(H,17,18)(H2,13,14,15). The van der Waals surface area contributed by atoms with Crippen LogP contribution >= 0.6 is 11.5 Å². The summed E-state index contributed by atoms with van der Waals surface area (Å²) in [7, 11) is 0. The van der Waals surface area contributed by atoms with Crippen molar-refractivity contribution in [2.45, 2.75) is 0 Å². The summed E-state index contributed by atoms with van der Waals surface area (Å²) in [6.07, 6.45) is 1.49. The van der Waals surface area contributed by atoms with E-state index >= 15 is 0 Å². The highest BCUT2D eigenvalue weighted by Crippen LogP contribution is 2.29. The van der Waals surface area contributed by atoms with Crippen LogP contribution in [0.3, 0.4) is 0 Å².